The van der Waals surface area contributed by atoms with Gasteiger partial charge >= 0.3 is 0 Å². The Bertz CT molecular complexity index is 592. The molecular weight excluding hydrogens is 302 g/mol. The van der Waals surface area contributed by atoms with Crippen molar-refractivity contribution < 1.29 is 4.79 Å². The number of nitrogens with one attached hydrogen (secondary N) is 1. The quantitative estimate of drug-likeness (QED) is 0.872. The van der Waals surface area contributed by atoms with E-state index in [1.807, 2.05) is 25.1 Å². The van der Waals surface area contributed by atoms with Gasteiger partial charge in [0.05, 0.1) is 9.58 Å². The summed E-state index contributed by atoms with van der Waals surface area (Å²) in [6.07, 6.45) is 7.32. The van der Waals surface area contributed by atoms with E-state index in [1.165, 1.54) is 37.0 Å². The lowest BCUT2D eigenvalue weighted by Crippen LogP contribution is -2.33. The first-order valence-electron chi connectivity index (χ1n) is 7.52. The summed E-state index contributed by atoms with van der Waals surface area (Å²) >= 11 is 3.14. The fourth-order valence-electron chi connectivity index (χ4n) is 2.71. The molecule has 1 N–H and O–H groups in total. The summed E-state index contributed by atoms with van der Waals surface area (Å²) in [4.78, 5) is 20.7. The van der Waals surface area contributed by atoms with Gasteiger partial charge in [-0.15, -0.1) is 11.3 Å². The van der Waals surface area contributed by atoms with E-state index in [0.29, 0.717) is 6.04 Å². The molecular formula is C15H21N3OS2. The lowest BCUT2D eigenvalue weighted by atomic mass is 10.1. The Hall–Kier alpha value is -1.14. The molecule has 114 valence electrons. The minimum absolute atomic E-state index is 0.0727. The molecule has 2 aromatic rings. The van der Waals surface area contributed by atoms with Crippen molar-refractivity contribution in [3.05, 3.63) is 10.9 Å². The molecule has 6 heteroatoms. The Kier molecular flexibility index (Phi) is 4.45. The molecule has 1 aliphatic carbocycles. The van der Waals surface area contributed by atoms with Crippen LogP contribution in [0.1, 0.15) is 48.2 Å². The van der Waals surface area contributed by atoms with Crippen molar-refractivity contribution in [3.8, 4) is 0 Å². The molecule has 1 saturated carbocycles. The molecule has 0 atom stereocenters. The van der Waals surface area contributed by atoms with Gasteiger partial charge in [0.15, 0.2) is 5.13 Å². The highest BCUT2D eigenvalue weighted by atomic mass is 32.1. The van der Waals surface area contributed by atoms with Crippen LogP contribution >= 0.6 is 22.7 Å². The van der Waals surface area contributed by atoms with Gasteiger partial charge in [0.2, 0.25) is 0 Å². The van der Waals surface area contributed by atoms with Gasteiger partial charge < -0.3 is 10.2 Å². The van der Waals surface area contributed by atoms with E-state index < -0.39 is 0 Å². The third kappa shape index (κ3) is 3.37. The number of hydrogen-bond donors (Lipinski definition) is 1. The van der Waals surface area contributed by atoms with E-state index in [4.69, 9.17) is 0 Å². The molecule has 1 amide bonds. The average Bonchev–Trinajstić information content (AvgIpc) is 2.91. The van der Waals surface area contributed by atoms with E-state index in [2.05, 4.69) is 10.3 Å². The standard InChI is InChI=1S/C15H21N3OS2/c1-18(2)15-17-14-12(21-15)9-11(20-14)13(19)16-10-7-5-3-4-6-8-10/h9-10H,3-8H2,1-2H3,(H,16,19). The minimum atomic E-state index is 0.0727. The molecule has 0 bridgehead atoms. The number of nitrogens with zero attached hydrogens (tertiary/aromatic N) is 2. The number of thiazole rings is 1. The molecule has 1 aliphatic rings. The van der Waals surface area contributed by atoms with Gasteiger partial charge in [-0.1, -0.05) is 37.0 Å². The lowest BCUT2D eigenvalue weighted by Gasteiger charge is -2.15. The maximum atomic E-state index is 12.4. The predicted octanol–water partition coefficient (Wildman–Crippen LogP) is 3.88. The Labute approximate surface area is 133 Å². The van der Waals surface area contributed by atoms with Gasteiger partial charge in [0.1, 0.15) is 4.83 Å². The Morgan fingerprint density at radius 1 is 1.24 bits per heavy atom. The first kappa shape index (κ1) is 14.8. The van der Waals surface area contributed by atoms with E-state index in [9.17, 15) is 4.79 Å². The van der Waals surface area contributed by atoms with Crippen molar-refractivity contribution in [2.45, 2.75) is 44.6 Å². The van der Waals surface area contributed by atoms with E-state index in [0.717, 1.165) is 32.4 Å². The summed E-state index contributed by atoms with van der Waals surface area (Å²) < 4.78 is 1.11. The molecule has 0 unspecified atom stereocenters. The third-order valence-electron chi connectivity index (χ3n) is 3.87. The van der Waals surface area contributed by atoms with Crippen molar-refractivity contribution in [2.75, 3.05) is 19.0 Å². The highest BCUT2D eigenvalue weighted by Crippen LogP contribution is 2.34. The molecule has 0 aromatic carbocycles. The smallest absolute Gasteiger partial charge is 0.261 e. The van der Waals surface area contributed by atoms with Crippen molar-refractivity contribution in [2.24, 2.45) is 0 Å². The van der Waals surface area contributed by atoms with E-state index in [1.54, 1.807) is 11.3 Å². The highest BCUT2D eigenvalue weighted by molar-refractivity contribution is 7.29. The molecule has 0 aliphatic heterocycles. The molecule has 0 saturated heterocycles. The molecule has 4 nitrogen and oxygen atoms in total. The molecule has 0 radical (unpaired) electrons. The number of anilines is 1. The van der Waals surface area contributed by atoms with Crippen LogP contribution in [-0.2, 0) is 0 Å². The predicted molar refractivity (Wildman–Crippen MR) is 90.8 cm³/mol. The topological polar surface area (TPSA) is 45.2 Å². The Balaban J connectivity index is 1.70. The van der Waals surface area contributed by atoms with Crippen molar-refractivity contribution in [1.82, 2.24) is 10.3 Å². The second-order valence-electron chi connectivity index (χ2n) is 5.83. The molecule has 0 spiro atoms. The zero-order chi connectivity index (χ0) is 14.8. The van der Waals surface area contributed by atoms with Crippen LogP contribution in [0.4, 0.5) is 5.13 Å². The van der Waals surface area contributed by atoms with Gasteiger partial charge in [-0.3, -0.25) is 4.79 Å². The van der Waals surface area contributed by atoms with Gasteiger partial charge in [0.25, 0.3) is 5.91 Å². The third-order valence-corrected chi connectivity index (χ3v) is 6.20. The molecule has 3 rings (SSSR count). The molecule has 2 aromatic heterocycles. The monoisotopic (exact) mass is 323 g/mol. The van der Waals surface area contributed by atoms with E-state index in [-0.39, 0.29) is 5.91 Å². The second kappa shape index (κ2) is 6.32. The summed E-state index contributed by atoms with van der Waals surface area (Å²) in [7, 11) is 3.98. The number of aromatic nitrogens is 1. The molecule has 2 heterocycles. The number of hydrogen-bond acceptors (Lipinski definition) is 5. The van der Waals surface area contributed by atoms with Crippen molar-refractivity contribution >= 4 is 43.2 Å². The van der Waals surface area contributed by atoms with Crippen LogP contribution < -0.4 is 10.2 Å². The number of amides is 1. The largest absolute Gasteiger partial charge is 0.354 e. The highest BCUT2D eigenvalue weighted by Gasteiger charge is 2.19. The maximum Gasteiger partial charge on any atom is 0.261 e. The summed E-state index contributed by atoms with van der Waals surface area (Å²) in [5.41, 5.74) is 0. The first-order chi connectivity index (χ1) is 10.1. The van der Waals surface area contributed by atoms with Gasteiger partial charge in [0, 0.05) is 20.1 Å². The number of fused-ring (bicyclic) bond motifs is 1. The van der Waals surface area contributed by atoms with Crippen molar-refractivity contribution in [3.63, 3.8) is 0 Å². The van der Waals surface area contributed by atoms with Crippen LogP contribution in [-0.4, -0.2) is 31.0 Å². The van der Waals surface area contributed by atoms with Crippen LogP contribution in [0.5, 0.6) is 0 Å². The Morgan fingerprint density at radius 2 is 1.95 bits per heavy atom. The van der Waals surface area contributed by atoms with Crippen molar-refractivity contribution in [1.29, 1.82) is 0 Å². The number of carbonyl (C=O) groups excluding carboxylic acids is 1. The lowest BCUT2D eigenvalue weighted by molar-refractivity contribution is 0.0937. The number of carbonyl (C=O) groups is 1. The number of rotatable bonds is 3. The van der Waals surface area contributed by atoms with Crippen LogP contribution in [0.25, 0.3) is 9.53 Å². The summed E-state index contributed by atoms with van der Waals surface area (Å²) in [5.74, 6) is 0.0727. The number of thiophene rings is 1. The fraction of sp³-hybridized carbons (Fsp3) is 0.600. The molecule has 21 heavy (non-hydrogen) atoms. The molecule has 1 fully saturated rings. The van der Waals surface area contributed by atoms with Crippen LogP contribution in [0.3, 0.4) is 0 Å². The fourth-order valence-corrected chi connectivity index (χ4v) is 4.74. The zero-order valence-electron chi connectivity index (χ0n) is 12.5. The van der Waals surface area contributed by atoms with Crippen LogP contribution in [0.15, 0.2) is 6.07 Å². The normalized spacial score (nSPS) is 16.9. The Morgan fingerprint density at radius 3 is 2.57 bits per heavy atom. The van der Waals surface area contributed by atoms with Crippen LogP contribution in [0.2, 0.25) is 0 Å². The van der Waals surface area contributed by atoms with Gasteiger partial charge in [-0.05, 0) is 18.9 Å². The van der Waals surface area contributed by atoms with Gasteiger partial charge in [-0.25, -0.2) is 4.98 Å². The zero-order valence-corrected chi connectivity index (χ0v) is 14.1. The summed E-state index contributed by atoms with van der Waals surface area (Å²) in [6.45, 7) is 0. The first-order valence-corrected chi connectivity index (χ1v) is 9.15. The SMILES string of the molecule is CN(C)c1nc2sc(C(=O)NC3CCCCCC3)cc2s1. The second-order valence-corrected chi connectivity index (χ2v) is 7.87. The maximum absolute atomic E-state index is 12.4. The van der Waals surface area contributed by atoms with Crippen LogP contribution in [0, 0.1) is 0 Å². The summed E-state index contributed by atoms with van der Waals surface area (Å²) in [6, 6.07) is 2.34. The minimum Gasteiger partial charge on any atom is -0.354 e. The average molecular weight is 323 g/mol. The van der Waals surface area contributed by atoms with Gasteiger partial charge in [-0.2, -0.15) is 0 Å². The van der Waals surface area contributed by atoms with E-state index >= 15 is 0 Å². The summed E-state index contributed by atoms with van der Waals surface area (Å²) in [5, 5.41) is 4.19.